The standard InChI is InChI=1S/C31H23F8N3O2/c32-18-9-15(10-19(33)12-18)8-17(26-22(2-1-7-40-26)16-3-5-21(6-4-16)44-30(36)37)11-20(43)14-42-28-25(27(41-42)29(34)35)23-13-24(23)31(28,38)39/h1-7,9-10,12,17,23-24,29-30H,8,11,13-14H2/t17-,23?,24?/m1/s1. The second kappa shape index (κ2) is 11.3. The van der Waals surface area contributed by atoms with Gasteiger partial charge in [-0.25, -0.2) is 17.6 Å². The molecule has 2 heterocycles. The molecule has 230 valence electrons. The maximum absolute atomic E-state index is 15.0. The molecule has 0 radical (unpaired) electrons. The number of alkyl halides is 6. The number of nitrogens with zero attached hydrogens (tertiary/aromatic N) is 3. The lowest BCUT2D eigenvalue weighted by Gasteiger charge is -2.21. The SMILES string of the molecule is O=C(C[C@@H](Cc1cc(F)cc(F)c1)c1ncccc1-c1ccc(OC(F)F)cc1)Cn1nc(C(F)F)c2c1C(F)(F)C1CC21. The summed E-state index contributed by atoms with van der Waals surface area (Å²) in [6.07, 6.45) is -2.07. The molecule has 2 aromatic heterocycles. The first-order chi connectivity index (χ1) is 20.9. The third-order valence-electron chi connectivity index (χ3n) is 7.99. The predicted molar refractivity (Wildman–Crippen MR) is 141 cm³/mol. The van der Waals surface area contributed by atoms with Crippen LogP contribution in [-0.2, 0) is 23.7 Å². The summed E-state index contributed by atoms with van der Waals surface area (Å²) >= 11 is 0. The van der Waals surface area contributed by atoms with Gasteiger partial charge < -0.3 is 4.74 Å². The molecule has 0 saturated heterocycles. The summed E-state index contributed by atoms with van der Waals surface area (Å²) in [4.78, 5) is 17.9. The Morgan fingerprint density at radius 1 is 1.00 bits per heavy atom. The van der Waals surface area contributed by atoms with Gasteiger partial charge in [-0.15, -0.1) is 0 Å². The molecule has 2 aliphatic carbocycles. The number of aromatic nitrogens is 3. The average Bonchev–Trinajstić information content (AvgIpc) is 3.61. The Morgan fingerprint density at radius 3 is 2.36 bits per heavy atom. The van der Waals surface area contributed by atoms with E-state index in [1.807, 2.05) is 0 Å². The number of ether oxygens (including phenoxy) is 1. The van der Waals surface area contributed by atoms with Crippen LogP contribution in [0.5, 0.6) is 5.75 Å². The summed E-state index contributed by atoms with van der Waals surface area (Å²) in [5, 5.41) is 3.71. The summed E-state index contributed by atoms with van der Waals surface area (Å²) < 4.78 is 116. The lowest BCUT2D eigenvalue weighted by Crippen LogP contribution is -2.24. The lowest BCUT2D eigenvalue weighted by molar-refractivity contribution is -0.120. The van der Waals surface area contributed by atoms with E-state index in [0.29, 0.717) is 27.6 Å². The van der Waals surface area contributed by atoms with Gasteiger partial charge in [-0.1, -0.05) is 18.2 Å². The van der Waals surface area contributed by atoms with Crippen molar-refractivity contribution in [2.45, 2.75) is 56.6 Å². The van der Waals surface area contributed by atoms with Gasteiger partial charge in [0.05, 0.1) is 5.69 Å². The molecule has 2 aliphatic rings. The van der Waals surface area contributed by atoms with Gasteiger partial charge in [-0.05, 0) is 60.2 Å². The van der Waals surface area contributed by atoms with Crippen LogP contribution in [-0.4, -0.2) is 27.2 Å². The minimum atomic E-state index is -3.41. The van der Waals surface area contributed by atoms with E-state index in [1.165, 1.54) is 30.5 Å². The van der Waals surface area contributed by atoms with Crippen LogP contribution in [0, 0.1) is 17.6 Å². The van der Waals surface area contributed by atoms with Crippen molar-refractivity contribution in [2.75, 3.05) is 0 Å². The Hall–Kier alpha value is -4.29. The molecule has 0 aliphatic heterocycles. The highest BCUT2D eigenvalue weighted by atomic mass is 19.3. The Bertz CT molecular complexity index is 1690. The number of carbonyl (C=O) groups excluding carboxylic acids is 1. The van der Waals surface area contributed by atoms with Crippen molar-refractivity contribution in [1.82, 2.24) is 14.8 Å². The molecular weight excluding hydrogens is 598 g/mol. The number of hydrogen-bond acceptors (Lipinski definition) is 4. The molecule has 13 heteroatoms. The monoisotopic (exact) mass is 621 g/mol. The number of pyridine rings is 1. The second-order valence-electron chi connectivity index (χ2n) is 10.9. The first kappa shape index (κ1) is 29.8. The fourth-order valence-corrected chi connectivity index (χ4v) is 6.17. The molecular formula is C31H23F8N3O2. The van der Waals surface area contributed by atoms with E-state index in [1.54, 1.807) is 12.1 Å². The van der Waals surface area contributed by atoms with Gasteiger partial charge in [-0.3, -0.25) is 14.5 Å². The van der Waals surface area contributed by atoms with Gasteiger partial charge in [0.1, 0.15) is 35.3 Å². The average molecular weight is 622 g/mol. The van der Waals surface area contributed by atoms with Crippen molar-refractivity contribution >= 4 is 5.78 Å². The summed E-state index contributed by atoms with van der Waals surface area (Å²) in [5.41, 5.74) is -0.157. The quantitative estimate of drug-likeness (QED) is 0.160. The summed E-state index contributed by atoms with van der Waals surface area (Å²) in [6.45, 7) is -3.75. The Balaban J connectivity index is 1.33. The fraction of sp³-hybridized carbons (Fsp3) is 0.323. The Kier molecular flexibility index (Phi) is 7.66. The van der Waals surface area contributed by atoms with Crippen LogP contribution in [0.4, 0.5) is 35.1 Å². The molecule has 0 bridgehead atoms. The molecule has 1 fully saturated rings. The molecule has 0 amide bonds. The molecule has 6 rings (SSSR count). The summed E-state index contributed by atoms with van der Waals surface area (Å²) in [7, 11) is 0. The van der Waals surface area contributed by atoms with Crippen LogP contribution >= 0.6 is 0 Å². The predicted octanol–water partition coefficient (Wildman–Crippen LogP) is 7.96. The molecule has 2 aromatic carbocycles. The number of fused-ring (bicyclic) bond motifs is 3. The number of carbonyl (C=O) groups is 1. The maximum Gasteiger partial charge on any atom is 0.387 e. The van der Waals surface area contributed by atoms with E-state index in [0.717, 1.165) is 12.1 Å². The third-order valence-corrected chi connectivity index (χ3v) is 7.99. The molecule has 2 unspecified atom stereocenters. The van der Waals surface area contributed by atoms with E-state index in [2.05, 4.69) is 14.8 Å². The van der Waals surface area contributed by atoms with E-state index >= 15 is 8.78 Å². The van der Waals surface area contributed by atoms with Crippen LogP contribution in [0.25, 0.3) is 11.1 Å². The third kappa shape index (κ3) is 5.67. The first-order valence-electron chi connectivity index (χ1n) is 13.7. The van der Waals surface area contributed by atoms with Gasteiger partial charge in [0.25, 0.3) is 12.3 Å². The van der Waals surface area contributed by atoms with E-state index in [9.17, 15) is 31.1 Å². The van der Waals surface area contributed by atoms with Gasteiger partial charge in [0.15, 0.2) is 5.78 Å². The zero-order valence-corrected chi connectivity index (χ0v) is 22.7. The molecule has 5 nitrogen and oxygen atoms in total. The number of halogens is 8. The first-order valence-corrected chi connectivity index (χ1v) is 13.7. The highest BCUT2D eigenvalue weighted by Crippen LogP contribution is 2.68. The minimum absolute atomic E-state index is 0.0727. The van der Waals surface area contributed by atoms with Gasteiger partial charge >= 0.3 is 6.61 Å². The number of benzene rings is 2. The number of ketones is 1. The van der Waals surface area contributed by atoms with Crippen molar-refractivity contribution in [1.29, 1.82) is 0 Å². The molecule has 44 heavy (non-hydrogen) atoms. The van der Waals surface area contributed by atoms with Crippen LogP contribution < -0.4 is 4.74 Å². The topological polar surface area (TPSA) is 57.0 Å². The molecule has 0 spiro atoms. The zero-order valence-electron chi connectivity index (χ0n) is 22.7. The Morgan fingerprint density at radius 2 is 1.70 bits per heavy atom. The fourth-order valence-electron chi connectivity index (χ4n) is 6.17. The largest absolute Gasteiger partial charge is 0.435 e. The van der Waals surface area contributed by atoms with E-state index in [-0.39, 0.29) is 36.1 Å². The normalized spacial score (nSPS) is 18.8. The van der Waals surface area contributed by atoms with Gasteiger partial charge in [-0.2, -0.15) is 22.7 Å². The van der Waals surface area contributed by atoms with Crippen LogP contribution in [0.2, 0.25) is 0 Å². The van der Waals surface area contributed by atoms with Crippen molar-refractivity contribution in [3.63, 3.8) is 0 Å². The van der Waals surface area contributed by atoms with E-state index in [4.69, 9.17) is 0 Å². The van der Waals surface area contributed by atoms with Crippen LogP contribution in [0.1, 0.15) is 59.3 Å². The summed E-state index contributed by atoms with van der Waals surface area (Å²) in [6, 6.07) is 11.7. The molecule has 0 N–H and O–H groups in total. The van der Waals surface area contributed by atoms with Crippen molar-refractivity contribution in [3.8, 4) is 16.9 Å². The number of rotatable bonds is 11. The zero-order chi connectivity index (χ0) is 31.3. The van der Waals surface area contributed by atoms with Crippen molar-refractivity contribution in [2.24, 2.45) is 5.92 Å². The Labute approximate surface area is 245 Å². The summed E-state index contributed by atoms with van der Waals surface area (Å²) in [5.74, 6) is -8.54. The van der Waals surface area contributed by atoms with Gasteiger partial charge in [0, 0.05) is 41.6 Å². The molecule has 3 atom stereocenters. The van der Waals surface area contributed by atoms with Crippen molar-refractivity contribution in [3.05, 3.63) is 101 Å². The second-order valence-corrected chi connectivity index (χ2v) is 10.9. The van der Waals surface area contributed by atoms with E-state index < -0.39 is 72.1 Å². The number of Topliss-reactive ketones (excluding diaryl/α,β-unsaturated/α-hetero) is 1. The van der Waals surface area contributed by atoms with Crippen LogP contribution in [0.15, 0.2) is 60.8 Å². The highest BCUT2D eigenvalue weighted by Gasteiger charge is 2.67. The minimum Gasteiger partial charge on any atom is -0.435 e. The molecule has 1 saturated carbocycles. The smallest absolute Gasteiger partial charge is 0.387 e. The van der Waals surface area contributed by atoms with Gasteiger partial charge in [0.2, 0.25) is 0 Å². The highest BCUT2D eigenvalue weighted by molar-refractivity contribution is 5.80. The lowest BCUT2D eigenvalue weighted by atomic mass is 9.87. The maximum atomic E-state index is 15.0. The van der Waals surface area contributed by atoms with Crippen molar-refractivity contribution < 1.29 is 44.7 Å². The molecule has 4 aromatic rings. The van der Waals surface area contributed by atoms with Crippen LogP contribution in [0.3, 0.4) is 0 Å². The number of hydrogen-bond donors (Lipinski definition) is 0.